The zero-order chi connectivity index (χ0) is 21.2. The van der Waals surface area contributed by atoms with Gasteiger partial charge in [-0.25, -0.2) is 4.39 Å². The van der Waals surface area contributed by atoms with Crippen LogP contribution in [0.5, 0.6) is 0 Å². The molecule has 2 aromatic heterocycles. The van der Waals surface area contributed by atoms with Crippen molar-refractivity contribution >= 4 is 17.2 Å². The Morgan fingerprint density at radius 1 is 1.10 bits per heavy atom. The third kappa shape index (κ3) is 3.98. The number of halogens is 1. The van der Waals surface area contributed by atoms with E-state index in [4.69, 9.17) is 4.52 Å². The number of hydrogen-bond donors (Lipinski definition) is 0. The quantitative estimate of drug-likeness (QED) is 0.451. The number of benzene rings is 2. The van der Waals surface area contributed by atoms with Gasteiger partial charge >= 0.3 is 0 Å². The van der Waals surface area contributed by atoms with E-state index in [0.717, 1.165) is 23.4 Å². The molecule has 1 saturated heterocycles. The Morgan fingerprint density at radius 2 is 1.90 bits per heavy atom. The second kappa shape index (κ2) is 8.39. The minimum Gasteiger partial charge on any atom is -0.355 e. The van der Waals surface area contributed by atoms with Gasteiger partial charge in [0.05, 0.1) is 0 Å². The fourth-order valence-electron chi connectivity index (χ4n) is 3.78. The molecule has 3 heterocycles. The van der Waals surface area contributed by atoms with Gasteiger partial charge in [0.1, 0.15) is 10.8 Å². The van der Waals surface area contributed by atoms with Gasteiger partial charge in [-0.15, -0.1) is 10.2 Å². The fraction of sp³-hybridized carbons (Fsp3) is 0.217. The van der Waals surface area contributed by atoms with Crippen LogP contribution in [-0.4, -0.2) is 39.3 Å². The zero-order valence-corrected chi connectivity index (χ0v) is 17.4. The number of likely N-dealkylation sites (tertiary alicyclic amines) is 1. The Balaban J connectivity index is 1.31. The van der Waals surface area contributed by atoms with E-state index >= 15 is 0 Å². The first-order valence-electron chi connectivity index (χ1n) is 10.1. The van der Waals surface area contributed by atoms with Gasteiger partial charge in [0.15, 0.2) is 16.5 Å². The monoisotopic (exact) mass is 434 g/mol. The molecular weight excluding hydrogens is 415 g/mol. The molecule has 4 aromatic rings. The molecule has 0 bridgehead atoms. The standard InChI is InChI=1S/C23H19FN4O2S/c24-18-11-5-4-10-17(18)22-26-25-21(31-22)16-9-6-12-28(14-16)23(29)19-13-20(30-27-19)15-7-2-1-3-8-15/h1-5,7-8,10-11,13,16H,6,9,12,14H2/t16-/m1/s1. The topological polar surface area (TPSA) is 72.1 Å². The average Bonchev–Trinajstić information content (AvgIpc) is 3.50. The van der Waals surface area contributed by atoms with Gasteiger partial charge in [0.2, 0.25) is 0 Å². The number of nitrogens with zero attached hydrogens (tertiary/aromatic N) is 4. The van der Waals surface area contributed by atoms with Crippen molar-refractivity contribution in [1.82, 2.24) is 20.3 Å². The first kappa shape index (κ1) is 19.6. The van der Waals surface area contributed by atoms with Gasteiger partial charge in [0.25, 0.3) is 5.91 Å². The van der Waals surface area contributed by atoms with E-state index in [1.807, 2.05) is 30.3 Å². The molecule has 6 nitrogen and oxygen atoms in total. The number of rotatable bonds is 4. The van der Waals surface area contributed by atoms with Gasteiger partial charge in [-0.2, -0.15) is 0 Å². The Kier molecular flexibility index (Phi) is 5.30. The summed E-state index contributed by atoms with van der Waals surface area (Å²) in [7, 11) is 0. The molecule has 31 heavy (non-hydrogen) atoms. The molecular formula is C23H19FN4O2S. The lowest BCUT2D eigenvalue weighted by Gasteiger charge is -2.30. The molecule has 1 aliphatic heterocycles. The molecule has 156 valence electrons. The van der Waals surface area contributed by atoms with Crippen LogP contribution in [0, 0.1) is 5.82 Å². The molecule has 5 rings (SSSR count). The second-order valence-corrected chi connectivity index (χ2v) is 8.47. The van der Waals surface area contributed by atoms with Gasteiger partial charge < -0.3 is 9.42 Å². The summed E-state index contributed by atoms with van der Waals surface area (Å²) in [6, 6.07) is 17.8. The molecule has 0 N–H and O–H groups in total. The normalized spacial score (nSPS) is 16.4. The van der Waals surface area contributed by atoms with E-state index in [-0.39, 0.29) is 17.6 Å². The predicted octanol–water partition coefficient (Wildman–Crippen LogP) is 5.02. The van der Waals surface area contributed by atoms with Crippen molar-refractivity contribution in [2.75, 3.05) is 13.1 Å². The summed E-state index contributed by atoms with van der Waals surface area (Å²) in [5.41, 5.74) is 1.62. The highest BCUT2D eigenvalue weighted by molar-refractivity contribution is 7.14. The van der Waals surface area contributed by atoms with Gasteiger partial charge in [-0.1, -0.05) is 59.0 Å². The summed E-state index contributed by atoms with van der Waals surface area (Å²) < 4.78 is 19.5. The lowest BCUT2D eigenvalue weighted by Crippen LogP contribution is -2.39. The molecule has 1 aliphatic rings. The van der Waals surface area contributed by atoms with Crippen molar-refractivity contribution in [3.63, 3.8) is 0 Å². The maximum absolute atomic E-state index is 14.1. The van der Waals surface area contributed by atoms with Gasteiger partial charge in [-0.3, -0.25) is 4.79 Å². The highest BCUT2D eigenvalue weighted by atomic mass is 32.1. The molecule has 0 radical (unpaired) electrons. The van der Waals surface area contributed by atoms with Crippen LogP contribution in [-0.2, 0) is 0 Å². The maximum atomic E-state index is 14.1. The van der Waals surface area contributed by atoms with E-state index in [2.05, 4.69) is 15.4 Å². The third-order valence-electron chi connectivity index (χ3n) is 5.39. The predicted molar refractivity (Wildman–Crippen MR) is 115 cm³/mol. The van der Waals surface area contributed by atoms with Crippen LogP contribution < -0.4 is 0 Å². The summed E-state index contributed by atoms with van der Waals surface area (Å²) in [5.74, 6) is 0.160. The van der Waals surface area contributed by atoms with Crippen LogP contribution in [0.2, 0.25) is 0 Å². The van der Waals surface area contributed by atoms with Crippen molar-refractivity contribution in [2.24, 2.45) is 0 Å². The molecule has 0 unspecified atom stereocenters. The van der Waals surface area contributed by atoms with E-state index < -0.39 is 0 Å². The number of carbonyl (C=O) groups excluding carboxylic acids is 1. The fourth-order valence-corrected chi connectivity index (χ4v) is 4.78. The van der Waals surface area contributed by atoms with Gasteiger partial charge in [0, 0.05) is 36.2 Å². The maximum Gasteiger partial charge on any atom is 0.276 e. The van der Waals surface area contributed by atoms with Crippen molar-refractivity contribution < 1.29 is 13.7 Å². The first-order valence-corrected chi connectivity index (χ1v) is 10.9. The summed E-state index contributed by atoms with van der Waals surface area (Å²) >= 11 is 1.38. The second-order valence-electron chi connectivity index (χ2n) is 7.46. The Bertz CT molecular complexity index is 1210. The summed E-state index contributed by atoms with van der Waals surface area (Å²) in [6.45, 7) is 1.18. The molecule has 2 aromatic carbocycles. The molecule has 0 saturated carbocycles. The van der Waals surface area contributed by atoms with Crippen molar-refractivity contribution in [2.45, 2.75) is 18.8 Å². The highest BCUT2D eigenvalue weighted by Gasteiger charge is 2.29. The van der Waals surface area contributed by atoms with Crippen LogP contribution >= 0.6 is 11.3 Å². The number of amides is 1. The smallest absolute Gasteiger partial charge is 0.276 e. The van der Waals surface area contributed by atoms with Crippen molar-refractivity contribution in [1.29, 1.82) is 0 Å². The Hall–Kier alpha value is -3.39. The molecule has 1 atom stereocenters. The van der Waals surface area contributed by atoms with E-state index in [0.29, 0.717) is 35.1 Å². The highest BCUT2D eigenvalue weighted by Crippen LogP contribution is 2.34. The summed E-state index contributed by atoms with van der Waals surface area (Å²) in [4.78, 5) is 14.8. The molecule has 8 heteroatoms. The van der Waals surface area contributed by atoms with E-state index in [1.165, 1.54) is 17.4 Å². The largest absolute Gasteiger partial charge is 0.355 e. The van der Waals surface area contributed by atoms with Crippen LogP contribution in [0.3, 0.4) is 0 Å². The molecule has 1 amide bonds. The van der Waals surface area contributed by atoms with Crippen LogP contribution in [0.25, 0.3) is 21.9 Å². The summed E-state index contributed by atoms with van der Waals surface area (Å²) in [6.07, 6.45) is 1.76. The number of carbonyl (C=O) groups is 1. The van der Waals surface area contributed by atoms with Crippen molar-refractivity contribution in [3.8, 4) is 21.9 Å². The van der Waals surface area contributed by atoms with Crippen molar-refractivity contribution in [3.05, 3.63) is 77.2 Å². The van der Waals surface area contributed by atoms with E-state index in [9.17, 15) is 9.18 Å². The van der Waals surface area contributed by atoms with Crippen LogP contribution in [0.4, 0.5) is 4.39 Å². The third-order valence-corrected chi connectivity index (χ3v) is 6.51. The Morgan fingerprint density at radius 3 is 2.74 bits per heavy atom. The number of piperidine rings is 1. The lowest BCUT2D eigenvalue weighted by atomic mass is 9.98. The number of hydrogen-bond acceptors (Lipinski definition) is 6. The summed E-state index contributed by atoms with van der Waals surface area (Å²) in [5, 5.41) is 13.8. The minimum atomic E-state index is -0.314. The average molecular weight is 434 g/mol. The Labute approximate surface area is 182 Å². The molecule has 0 aliphatic carbocycles. The number of aromatic nitrogens is 3. The van der Waals surface area contributed by atoms with E-state index in [1.54, 1.807) is 29.2 Å². The first-order chi connectivity index (χ1) is 15.2. The zero-order valence-electron chi connectivity index (χ0n) is 16.6. The SMILES string of the molecule is O=C(c1cc(-c2ccccc2)on1)N1CCC[C@@H](c2nnc(-c3ccccc3F)s2)C1. The molecule has 0 spiro atoms. The molecule has 1 fully saturated rings. The lowest BCUT2D eigenvalue weighted by molar-refractivity contribution is 0.0696. The van der Waals surface area contributed by atoms with Crippen LogP contribution in [0.1, 0.15) is 34.3 Å². The van der Waals surface area contributed by atoms with Gasteiger partial charge in [-0.05, 0) is 25.0 Å². The minimum absolute atomic E-state index is 0.0659. The van der Waals surface area contributed by atoms with Crippen LogP contribution in [0.15, 0.2) is 65.2 Å².